The van der Waals surface area contributed by atoms with Crippen molar-refractivity contribution in [1.82, 2.24) is 5.32 Å². The Hall–Kier alpha value is -2.08. The Balaban J connectivity index is 2.00. The summed E-state index contributed by atoms with van der Waals surface area (Å²) < 4.78 is 10.4. The first-order valence-electron chi connectivity index (χ1n) is 8.78. The second kappa shape index (κ2) is 8.85. The van der Waals surface area contributed by atoms with Gasteiger partial charge in [0.2, 0.25) is 0 Å². The fourth-order valence-corrected chi connectivity index (χ4v) is 3.21. The zero-order valence-electron chi connectivity index (χ0n) is 14.9. The van der Waals surface area contributed by atoms with Crippen molar-refractivity contribution in [3.05, 3.63) is 29.8 Å². The molecule has 6 nitrogen and oxygen atoms in total. The first-order valence-corrected chi connectivity index (χ1v) is 8.78. The minimum absolute atomic E-state index is 0.360. The maximum Gasteiger partial charge on any atom is 0.329 e. The van der Waals surface area contributed by atoms with Crippen LogP contribution in [-0.2, 0) is 9.53 Å². The van der Waals surface area contributed by atoms with Crippen molar-refractivity contribution in [2.75, 3.05) is 20.3 Å². The number of nitrogens with one attached hydrogen (secondary N) is 1. The Morgan fingerprint density at radius 3 is 2.36 bits per heavy atom. The van der Waals surface area contributed by atoms with Crippen molar-refractivity contribution < 1.29 is 24.2 Å². The van der Waals surface area contributed by atoms with Crippen LogP contribution in [-0.4, -0.2) is 42.8 Å². The standard InChI is InChI=1S/C19H27NO5/c1-3-14-8-10-19(11-9-14,18(22)23)20-17(21)15-4-6-16(7-5-15)25-13-12-24-2/h4-7,14H,3,8-13H2,1-2H3,(H,20,21)(H,22,23). The maximum absolute atomic E-state index is 12.5. The number of rotatable bonds is 8. The molecule has 1 aromatic carbocycles. The van der Waals surface area contributed by atoms with Crippen molar-refractivity contribution in [2.45, 2.75) is 44.6 Å². The molecule has 0 heterocycles. The first-order chi connectivity index (χ1) is 12.0. The van der Waals surface area contributed by atoms with Gasteiger partial charge in [-0.05, 0) is 55.9 Å². The van der Waals surface area contributed by atoms with Crippen LogP contribution in [0.3, 0.4) is 0 Å². The molecule has 1 aromatic rings. The smallest absolute Gasteiger partial charge is 0.329 e. The van der Waals surface area contributed by atoms with E-state index in [2.05, 4.69) is 12.2 Å². The van der Waals surface area contributed by atoms with Gasteiger partial charge in [0.15, 0.2) is 0 Å². The van der Waals surface area contributed by atoms with E-state index in [4.69, 9.17) is 9.47 Å². The first kappa shape index (κ1) is 19.2. The lowest BCUT2D eigenvalue weighted by molar-refractivity contribution is -0.146. The molecule has 2 rings (SSSR count). The molecule has 0 spiro atoms. The van der Waals surface area contributed by atoms with Crippen LogP contribution in [0, 0.1) is 5.92 Å². The molecule has 0 aromatic heterocycles. The quantitative estimate of drug-likeness (QED) is 0.705. The summed E-state index contributed by atoms with van der Waals surface area (Å²) in [6, 6.07) is 6.69. The molecule has 1 fully saturated rings. The van der Waals surface area contributed by atoms with Crippen LogP contribution in [0.5, 0.6) is 5.75 Å². The lowest BCUT2D eigenvalue weighted by Gasteiger charge is -2.37. The Bertz CT molecular complexity index is 576. The van der Waals surface area contributed by atoms with Gasteiger partial charge in [0.25, 0.3) is 5.91 Å². The topological polar surface area (TPSA) is 84.9 Å². The van der Waals surface area contributed by atoms with E-state index in [-0.39, 0.29) is 5.91 Å². The molecule has 1 amide bonds. The normalized spacial score (nSPS) is 23.0. The van der Waals surface area contributed by atoms with Crippen molar-refractivity contribution in [2.24, 2.45) is 5.92 Å². The largest absolute Gasteiger partial charge is 0.491 e. The molecule has 1 aliphatic rings. The minimum atomic E-state index is -1.16. The van der Waals surface area contributed by atoms with Gasteiger partial charge in [-0.25, -0.2) is 4.79 Å². The molecule has 0 aliphatic heterocycles. The second-order valence-corrected chi connectivity index (χ2v) is 6.56. The number of carboxylic acid groups (broad SMARTS) is 1. The highest BCUT2D eigenvalue weighted by molar-refractivity contribution is 5.98. The van der Waals surface area contributed by atoms with Gasteiger partial charge in [0.1, 0.15) is 17.9 Å². The monoisotopic (exact) mass is 349 g/mol. The highest BCUT2D eigenvalue weighted by Crippen LogP contribution is 2.34. The predicted octanol–water partition coefficient (Wildman–Crippen LogP) is 2.87. The van der Waals surface area contributed by atoms with E-state index in [1.807, 2.05) is 0 Å². The average Bonchev–Trinajstić information content (AvgIpc) is 2.63. The molecule has 0 saturated heterocycles. The SMILES string of the molecule is CCC1CCC(NC(=O)c2ccc(OCCOC)cc2)(C(=O)O)CC1. The van der Waals surface area contributed by atoms with Crippen LogP contribution in [0.1, 0.15) is 49.4 Å². The number of carbonyl (C=O) groups is 2. The molecule has 2 N–H and O–H groups in total. The number of amides is 1. The van der Waals surface area contributed by atoms with E-state index in [0.29, 0.717) is 43.3 Å². The molecule has 25 heavy (non-hydrogen) atoms. The summed E-state index contributed by atoms with van der Waals surface area (Å²) in [7, 11) is 1.60. The number of carboxylic acids is 1. The maximum atomic E-state index is 12.5. The fourth-order valence-electron chi connectivity index (χ4n) is 3.21. The molecule has 138 valence electrons. The summed E-state index contributed by atoms with van der Waals surface area (Å²) in [6.07, 6.45) is 3.66. The van der Waals surface area contributed by atoms with E-state index in [9.17, 15) is 14.7 Å². The number of benzene rings is 1. The van der Waals surface area contributed by atoms with E-state index < -0.39 is 11.5 Å². The van der Waals surface area contributed by atoms with Crippen molar-refractivity contribution in [3.8, 4) is 5.75 Å². The second-order valence-electron chi connectivity index (χ2n) is 6.56. The summed E-state index contributed by atoms with van der Waals surface area (Å²) in [5, 5.41) is 12.4. The van der Waals surface area contributed by atoms with Gasteiger partial charge in [0.05, 0.1) is 6.61 Å². The Morgan fingerprint density at radius 1 is 1.20 bits per heavy atom. The third-order valence-electron chi connectivity index (χ3n) is 4.97. The summed E-state index contributed by atoms with van der Waals surface area (Å²) >= 11 is 0. The van der Waals surface area contributed by atoms with Crippen LogP contribution >= 0.6 is 0 Å². The van der Waals surface area contributed by atoms with Crippen LogP contribution < -0.4 is 10.1 Å². The highest BCUT2D eigenvalue weighted by Gasteiger charge is 2.43. The Labute approximate surface area is 148 Å². The van der Waals surface area contributed by atoms with E-state index >= 15 is 0 Å². The van der Waals surface area contributed by atoms with Gasteiger partial charge in [0, 0.05) is 12.7 Å². The summed E-state index contributed by atoms with van der Waals surface area (Å²) in [6.45, 7) is 3.04. The number of hydrogen-bond acceptors (Lipinski definition) is 4. The molecular weight excluding hydrogens is 322 g/mol. The van der Waals surface area contributed by atoms with Crippen molar-refractivity contribution in [3.63, 3.8) is 0 Å². The third-order valence-corrected chi connectivity index (χ3v) is 4.97. The molecule has 1 saturated carbocycles. The molecule has 0 radical (unpaired) electrons. The van der Waals surface area contributed by atoms with Gasteiger partial charge >= 0.3 is 5.97 Å². The molecule has 0 unspecified atom stereocenters. The molecule has 6 heteroatoms. The number of hydrogen-bond donors (Lipinski definition) is 2. The van der Waals surface area contributed by atoms with E-state index in [1.165, 1.54) is 0 Å². The molecule has 0 bridgehead atoms. The van der Waals surface area contributed by atoms with Crippen LogP contribution in [0.25, 0.3) is 0 Å². The van der Waals surface area contributed by atoms with E-state index in [0.717, 1.165) is 19.3 Å². The number of methoxy groups -OCH3 is 1. The van der Waals surface area contributed by atoms with Gasteiger partial charge in [-0.2, -0.15) is 0 Å². The van der Waals surface area contributed by atoms with Crippen molar-refractivity contribution >= 4 is 11.9 Å². The number of aliphatic carboxylic acids is 1. The summed E-state index contributed by atoms with van der Waals surface area (Å²) in [5.74, 6) is -0.117. The summed E-state index contributed by atoms with van der Waals surface area (Å²) in [5.41, 5.74) is -0.728. The average molecular weight is 349 g/mol. The van der Waals surface area contributed by atoms with Gasteiger partial charge < -0.3 is 19.9 Å². The Morgan fingerprint density at radius 2 is 1.84 bits per heavy atom. The number of carbonyl (C=O) groups excluding carboxylic acids is 1. The molecule has 0 atom stereocenters. The third kappa shape index (κ3) is 4.95. The summed E-state index contributed by atoms with van der Waals surface area (Å²) in [4.78, 5) is 24.3. The van der Waals surface area contributed by atoms with Crippen LogP contribution in [0.2, 0.25) is 0 Å². The van der Waals surface area contributed by atoms with Gasteiger partial charge in [-0.3, -0.25) is 4.79 Å². The Kier molecular flexibility index (Phi) is 6.82. The van der Waals surface area contributed by atoms with Gasteiger partial charge in [-0.15, -0.1) is 0 Å². The zero-order chi connectivity index (χ0) is 18.3. The fraction of sp³-hybridized carbons (Fsp3) is 0.579. The lowest BCUT2D eigenvalue weighted by Crippen LogP contribution is -2.56. The minimum Gasteiger partial charge on any atom is -0.491 e. The predicted molar refractivity (Wildman–Crippen MR) is 93.9 cm³/mol. The zero-order valence-corrected chi connectivity index (χ0v) is 14.9. The molecular formula is C19H27NO5. The lowest BCUT2D eigenvalue weighted by atomic mass is 9.75. The van der Waals surface area contributed by atoms with Crippen LogP contribution in [0.15, 0.2) is 24.3 Å². The van der Waals surface area contributed by atoms with Crippen LogP contribution in [0.4, 0.5) is 0 Å². The van der Waals surface area contributed by atoms with Gasteiger partial charge in [-0.1, -0.05) is 13.3 Å². The number of ether oxygens (including phenoxy) is 2. The molecule has 1 aliphatic carbocycles. The van der Waals surface area contributed by atoms with E-state index in [1.54, 1.807) is 31.4 Å². The van der Waals surface area contributed by atoms with Crippen molar-refractivity contribution in [1.29, 1.82) is 0 Å². The highest BCUT2D eigenvalue weighted by atomic mass is 16.5.